The van der Waals surface area contributed by atoms with Crippen LogP contribution in [0.2, 0.25) is 0 Å². The summed E-state index contributed by atoms with van der Waals surface area (Å²) in [5.74, 6) is -0.238. The van der Waals surface area contributed by atoms with Gasteiger partial charge in [0.2, 0.25) is 0 Å². The van der Waals surface area contributed by atoms with E-state index >= 15 is 0 Å². The summed E-state index contributed by atoms with van der Waals surface area (Å²) in [6.07, 6.45) is 2.46. The Balaban J connectivity index is 2.39. The van der Waals surface area contributed by atoms with E-state index in [-0.39, 0.29) is 16.3 Å². The van der Waals surface area contributed by atoms with Crippen LogP contribution in [0, 0.1) is 6.92 Å². The van der Waals surface area contributed by atoms with E-state index in [1.807, 2.05) is 0 Å². The van der Waals surface area contributed by atoms with Crippen LogP contribution >= 0.6 is 0 Å². The van der Waals surface area contributed by atoms with E-state index < -0.39 is 16.6 Å². The summed E-state index contributed by atoms with van der Waals surface area (Å²) < 4.78 is 57.1. The lowest BCUT2D eigenvalue weighted by molar-refractivity contribution is -0.0493. The molecule has 9 heteroatoms. The normalized spacial score (nSPS) is 11.7. The molecule has 114 valence electrons. The molecule has 0 aliphatic heterocycles. The van der Waals surface area contributed by atoms with Crippen molar-refractivity contribution in [2.75, 3.05) is 4.72 Å². The molecule has 21 heavy (non-hydrogen) atoms. The van der Waals surface area contributed by atoms with Crippen molar-refractivity contribution >= 4 is 15.7 Å². The lowest BCUT2D eigenvalue weighted by Crippen LogP contribution is -2.15. The molecule has 2 aromatic rings. The number of anilines is 1. The number of nitrogens with one attached hydrogen (secondary N) is 1. The van der Waals surface area contributed by atoms with Crippen LogP contribution in [0.3, 0.4) is 0 Å². The van der Waals surface area contributed by atoms with Crippen LogP contribution in [-0.2, 0) is 17.1 Å². The summed E-state index contributed by atoms with van der Waals surface area (Å²) >= 11 is 0. The second-order valence-corrected chi connectivity index (χ2v) is 5.96. The van der Waals surface area contributed by atoms with Crippen LogP contribution in [-0.4, -0.2) is 24.8 Å². The molecular weight excluding hydrogens is 304 g/mol. The van der Waals surface area contributed by atoms with Crippen LogP contribution in [0.1, 0.15) is 5.56 Å². The highest BCUT2D eigenvalue weighted by atomic mass is 32.2. The average Bonchev–Trinajstić information content (AvgIpc) is 2.80. The molecule has 0 atom stereocenters. The number of nitrogens with zero attached hydrogens (tertiary/aromatic N) is 2. The molecule has 1 N–H and O–H groups in total. The third kappa shape index (κ3) is 3.48. The number of aryl methyl sites for hydroxylation is 2. The molecule has 0 fully saturated rings. The minimum atomic E-state index is -3.93. The van der Waals surface area contributed by atoms with Crippen molar-refractivity contribution in [3.63, 3.8) is 0 Å². The van der Waals surface area contributed by atoms with Gasteiger partial charge < -0.3 is 4.74 Å². The second-order valence-electron chi connectivity index (χ2n) is 4.28. The lowest BCUT2D eigenvalue weighted by atomic mass is 10.2. The van der Waals surface area contributed by atoms with Gasteiger partial charge in [-0.15, -0.1) is 0 Å². The van der Waals surface area contributed by atoms with E-state index in [9.17, 15) is 17.2 Å². The van der Waals surface area contributed by atoms with E-state index in [1.54, 1.807) is 20.0 Å². The molecule has 0 bridgehead atoms. The Kier molecular flexibility index (Phi) is 4.12. The number of aromatic nitrogens is 2. The fourth-order valence-electron chi connectivity index (χ4n) is 1.70. The number of alkyl halides is 2. The molecule has 0 spiro atoms. The largest absolute Gasteiger partial charge is 0.433 e. The number of ether oxygens (including phenoxy) is 1. The van der Waals surface area contributed by atoms with Crippen LogP contribution in [0.15, 0.2) is 35.5 Å². The third-order valence-electron chi connectivity index (χ3n) is 2.68. The number of halogens is 2. The van der Waals surface area contributed by atoms with Crippen LogP contribution in [0.5, 0.6) is 5.75 Å². The first-order valence-corrected chi connectivity index (χ1v) is 7.34. The third-order valence-corrected chi connectivity index (χ3v) is 3.98. The summed E-state index contributed by atoms with van der Waals surface area (Å²) in [4.78, 5) is -0.0729. The maximum atomic E-state index is 12.4. The molecule has 2 rings (SSSR count). The predicted molar refractivity (Wildman–Crippen MR) is 71.8 cm³/mol. The van der Waals surface area contributed by atoms with Gasteiger partial charge in [-0.2, -0.15) is 13.9 Å². The Morgan fingerprint density at radius 2 is 2.10 bits per heavy atom. The van der Waals surface area contributed by atoms with E-state index in [0.717, 1.165) is 6.20 Å². The highest BCUT2D eigenvalue weighted by Crippen LogP contribution is 2.31. The number of sulfonamides is 1. The average molecular weight is 317 g/mol. The summed E-state index contributed by atoms with van der Waals surface area (Å²) in [7, 11) is -2.36. The Hall–Kier alpha value is -2.16. The maximum absolute atomic E-state index is 12.4. The first-order chi connectivity index (χ1) is 9.79. The van der Waals surface area contributed by atoms with Gasteiger partial charge in [0, 0.05) is 13.2 Å². The first kappa shape index (κ1) is 15.2. The molecule has 6 nitrogen and oxygen atoms in total. The zero-order chi connectivity index (χ0) is 15.6. The van der Waals surface area contributed by atoms with Crippen molar-refractivity contribution in [3.8, 4) is 5.75 Å². The van der Waals surface area contributed by atoms with Gasteiger partial charge in [0.25, 0.3) is 10.0 Å². The molecule has 1 aromatic carbocycles. The highest BCUT2D eigenvalue weighted by Gasteiger charge is 2.20. The molecule has 0 aliphatic rings. The predicted octanol–water partition coefficient (Wildman–Crippen LogP) is 2.13. The van der Waals surface area contributed by atoms with Gasteiger partial charge in [0.15, 0.2) is 0 Å². The molecule has 0 saturated heterocycles. The van der Waals surface area contributed by atoms with E-state index in [2.05, 4.69) is 14.6 Å². The zero-order valence-electron chi connectivity index (χ0n) is 11.2. The van der Waals surface area contributed by atoms with Crippen molar-refractivity contribution < 1.29 is 21.9 Å². The highest BCUT2D eigenvalue weighted by molar-refractivity contribution is 7.92. The van der Waals surface area contributed by atoms with Gasteiger partial charge in [-0.1, -0.05) is 12.1 Å². The fourth-order valence-corrected chi connectivity index (χ4v) is 2.82. The van der Waals surface area contributed by atoms with Gasteiger partial charge in [-0.05, 0) is 18.6 Å². The van der Waals surface area contributed by atoms with Crippen molar-refractivity contribution in [2.24, 2.45) is 7.05 Å². The summed E-state index contributed by atoms with van der Waals surface area (Å²) in [5.41, 5.74) is 0.433. The van der Waals surface area contributed by atoms with Crippen LogP contribution in [0.25, 0.3) is 0 Å². The topological polar surface area (TPSA) is 73.2 Å². The summed E-state index contributed by atoms with van der Waals surface area (Å²) in [5, 5.41) is 3.76. The molecule has 0 saturated carbocycles. The number of hydrogen-bond donors (Lipinski definition) is 1. The number of hydrogen-bond acceptors (Lipinski definition) is 4. The molecule has 1 heterocycles. The molecule has 0 unspecified atom stereocenters. The Bertz CT molecular complexity index is 744. The van der Waals surface area contributed by atoms with Gasteiger partial charge in [0.05, 0.1) is 11.9 Å². The van der Waals surface area contributed by atoms with Crippen LogP contribution < -0.4 is 9.46 Å². The molecule has 1 aromatic heterocycles. The van der Waals surface area contributed by atoms with Crippen molar-refractivity contribution in [2.45, 2.75) is 18.4 Å². The fraction of sp³-hybridized carbons (Fsp3) is 0.250. The molecular formula is C12H13F2N3O3S. The standard InChI is InChI=1S/C12H13F2N3O3S/c1-8-4-3-5-10(20-12(13)14)11(8)16-21(18,19)9-6-15-17(2)7-9/h3-7,12,16H,1-2H3. The molecule has 0 aliphatic carbocycles. The van der Waals surface area contributed by atoms with Crippen molar-refractivity contribution in [1.82, 2.24) is 9.78 Å². The monoisotopic (exact) mass is 317 g/mol. The summed E-state index contributed by atoms with van der Waals surface area (Å²) in [6, 6.07) is 4.34. The Morgan fingerprint density at radius 3 is 2.67 bits per heavy atom. The van der Waals surface area contributed by atoms with Crippen molar-refractivity contribution in [3.05, 3.63) is 36.2 Å². The van der Waals surface area contributed by atoms with Gasteiger partial charge in [-0.3, -0.25) is 9.40 Å². The molecule has 0 radical (unpaired) electrons. The minimum absolute atomic E-state index is 0.0262. The quantitative estimate of drug-likeness (QED) is 0.917. The van der Waals surface area contributed by atoms with Gasteiger partial charge in [-0.25, -0.2) is 8.42 Å². The maximum Gasteiger partial charge on any atom is 0.387 e. The SMILES string of the molecule is Cc1cccc(OC(F)F)c1NS(=O)(=O)c1cnn(C)c1. The smallest absolute Gasteiger partial charge is 0.387 e. The minimum Gasteiger partial charge on any atom is -0.433 e. The Morgan fingerprint density at radius 1 is 1.38 bits per heavy atom. The van der Waals surface area contributed by atoms with Crippen molar-refractivity contribution in [1.29, 1.82) is 0 Å². The van der Waals surface area contributed by atoms with E-state index in [0.29, 0.717) is 5.56 Å². The summed E-state index contributed by atoms with van der Waals surface area (Å²) in [6.45, 7) is -1.46. The second kappa shape index (κ2) is 5.68. The molecule has 0 amide bonds. The number of rotatable bonds is 5. The first-order valence-electron chi connectivity index (χ1n) is 5.85. The zero-order valence-corrected chi connectivity index (χ0v) is 12.1. The number of para-hydroxylation sites is 1. The van der Waals surface area contributed by atoms with E-state index in [4.69, 9.17) is 0 Å². The van der Waals surface area contributed by atoms with E-state index in [1.165, 1.54) is 23.0 Å². The van der Waals surface area contributed by atoms with Gasteiger partial charge >= 0.3 is 6.61 Å². The van der Waals surface area contributed by atoms with Crippen LogP contribution in [0.4, 0.5) is 14.5 Å². The number of benzene rings is 1. The Labute approximate surface area is 120 Å². The van der Waals surface area contributed by atoms with Gasteiger partial charge in [0.1, 0.15) is 10.6 Å². The lowest BCUT2D eigenvalue weighted by Gasteiger charge is -2.14.